The number of rotatable bonds is 6. The quantitative estimate of drug-likeness (QED) is 0.822. The van der Waals surface area contributed by atoms with Crippen LogP contribution in [0.2, 0.25) is 0 Å². The topological polar surface area (TPSA) is 61.3 Å². The molecule has 1 fully saturated rings. The summed E-state index contributed by atoms with van der Waals surface area (Å²) >= 11 is 0. The number of nitrogens with zero attached hydrogens (tertiary/aromatic N) is 3. The molecular formula is C14H24N4O. The second-order valence-corrected chi connectivity index (χ2v) is 5.09. The van der Waals surface area contributed by atoms with Crippen LogP contribution in [0.5, 0.6) is 0 Å². The SMILES string of the molecule is CCNc1ncc(C)c(N(CCO)C2CCCC2)n1. The highest BCUT2D eigenvalue weighted by atomic mass is 16.3. The zero-order chi connectivity index (χ0) is 13.7. The lowest BCUT2D eigenvalue weighted by molar-refractivity contribution is 0.296. The fourth-order valence-electron chi connectivity index (χ4n) is 2.75. The molecule has 0 aromatic carbocycles. The molecule has 0 atom stereocenters. The molecule has 1 aliphatic rings. The van der Waals surface area contributed by atoms with E-state index in [1.807, 2.05) is 20.0 Å². The van der Waals surface area contributed by atoms with Crippen molar-refractivity contribution in [3.05, 3.63) is 11.8 Å². The molecule has 1 aliphatic carbocycles. The first-order chi connectivity index (χ1) is 9.26. The average Bonchev–Trinajstić information content (AvgIpc) is 2.93. The summed E-state index contributed by atoms with van der Waals surface area (Å²) in [6.07, 6.45) is 6.80. The molecule has 0 amide bonds. The maximum absolute atomic E-state index is 9.32. The van der Waals surface area contributed by atoms with Crippen LogP contribution in [0, 0.1) is 6.92 Å². The van der Waals surface area contributed by atoms with Crippen LogP contribution >= 0.6 is 0 Å². The molecule has 19 heavy (non-hydrogen) atoms. The van der Waals surface area contributed by atoms with Crippen LogP contribution in [-0.4, -0.2) is 40.8 Å². The molecular weight excluding hydrogens is 240 g/mol. The van der Waals surface area contributed by atoms with Gasteiger partial charge in [-0.2, -0.15) is 4.98 Å². The van der Waals surface area contributed by atoms with Gasteiger partial charge in [0, 0.05) is 30.9 Å². The highest BCUT2D eigenvalue weighted by Crippen LogP contribution is 2.29. The van der Waals surface area contributed by atoms with E-state index >= 15 is 0 Å². The summed E-state index contributed by atoms with van der Waals surface area (Å²) < 4.78 is 0. The van der Waals surface area contributed by atoms with Gasteiger partial charge in [-0.05, 0) is 26.7 Å². The fourth-order valence-corrected chi connectivity index (χ4v) is 2.75. The number of anilines is 2. The van der Waals surface area contributed by atoms with Crippen molar-refractivity contribution in [2.24, 2.45) is 0 Å². The zero-order valence-electron chi connectivity index (χ0n) is 11.9. The zero-order valence-corrected chi connectivity index (χ0v) is 11.9. The minimum Gasteiger partial charge on any atom is -0.395 e. The minimum atomic E-state index is 0.163. The van der Waals surface area contributed by atoms with E-state index in [0.29, 0.717) is 18.5 Å². The third-order valence-corrected chi connectivity index (χ3v) is 3.66. The second kappa shape index (κ2) is 6.70. The fraction of sp³-hybridized carbons (Fsp3) is 0.714. The Labute approximate surface area is 115 Å². The van der Waals surface area contributed by atoms with Gasteiger partial charge in [-0.15, -0.1) is 0 Å². The Kier molecular flexibility index (Phi) is 4.96. The maximum atomic E-state index is 9.32. The van der Waals surface area contributed by atoms with Gasteiger partial charge in [0.15, 0.2) is 0 Å². The van der Waals surface area contributed by atoms with Gasteiger partial charge >= 0.3 is 0 Å². The molecule has 1 heterocycles. The number of aryl methyl sites for hydroxylation is 1. The molecule has 5 nitrogen and oxygen atoms in total. The molecule has 2 rings (SSSR count). The monoisotopic (exact) mass is 264 g/mol. The largest absolute Gasteiger partial charge is 0.395 e. The minimum absolute atomic E-state index is 0.163. The van der Waals surface area contributed by atoms with Crippen LogP contribution in [0.25, 0.3) is 0 Å². The lowest BCUT2D eigenvalue weighted by atomic mass is 10.2. The number of aliphatic hydroxyl groups is 1. The van der Waals surface area contributed by atoms with Gasteiger partial charge in [-0.25, -0.2) is 4.98 Å². The molecule has 0 spiro atoms. The summed E-state index contributed by atoms with van der Waals surface area (Å²) in [5.74, 6) is 1.64. The van der Waals surface area contributed by atoms with E-state index in [4.69, 9.17) is 0 Å². The second-order valence-electron chi connectivity index (χ2n) is 5.09. The Morgan fingerprint density at radius 3 is 2.79 bits per heavy atom. The van der Waals surface area contributed by atoms with E-state index in [1.165, 1.54) is 25.7 Å². The van der Waals surface area contributed by atoms with Crippen LogP contribution in [0.3, 0.4) is 0 Å². The average molecular weight is 264 g/mol. The summed E-state index contributed by atoms with van der Waals surface area (Å²) in [5, 5.41) is 12.5. The van der Waals surface area contributed by atoms with E-state index in [9.17, 15) is 5.11 Å². The van der Waals surface area contributed by atoms with Crippen molar-refractivity contribution in [3.8, 4) is 0 Å². The number of hydrogen-bond donors (Lipinski definition) is 2. The molecule has 5 heteroatoms. The summed E-state index contributed by atoms with van der Waals surface area (Å²) in [6.45, 7) is 5.69. The van der Waals surface area contributed by atoms with Crippen molar-refractivity contribution in [2.45, 2.75) is 45.6 Å². The standard InChI is InChI=1S/C14H24N4O/c1-3-15-14-16-10-11(2)13(17-14)18(8-9-19)12-6-4-5-7-12/h10,12,19H,3-9H2,1-2H3,(H,15,16,17). The lowest BCUT2D eigenvalue weighted by Crippen LogP contribution is -2.37. The number of nitrogens with one attached hydrogen (secondary N) is 1. The van der Waals surface area contributed by atoms with Crippen LogP contribution in [0.15, 0.2) is 6.20 Å². The lowest BCUT2D eigenvalue weighted by Gasteiger charge is -2.30. The predicted octanol–water partition coefficient (Wildman–Crippen LogP) is 1.96. The highest BCUT2D eigenvalue weighted by molar-refractivity contribution is 5.50. The first-order valence-corrected chi connectivity index (χ1v) is 7.21. The molecule has 2 N–H and O–H groups in total. The van der Waals surface area contributed by atoms with Crippen LogP contribution in [0.4, 0.5) is 11.8 Å². The van der Waals surface area contributed by atoms with E-state index in [-0.39, 0.29) is 6.61 Å². The molecule has 106 valence electrons. The van der Waals surface area contributed by atoms with E-state index in [2.05, 4.69) is 20.2 Å². The first kappa shape index (κ1) is 14.1. The van der Waals surface area contributed by atoms with Crippen LogP contribution < -0.4 is 10.2 Å². The highest BCUT2D eigenvalue weighted by Gasteiger charge is 2.24. The molecule has 1 aromatic heterocycles. The van der Waals surface area contributed by atoms with E-state index in [1.54, 1.807) is 0 Å². The smallest absolute Gasteiger partial charge is 0.224 e. The summed E-state index contributed by atoms with van der Waals surface area (Å²) in [4.78, 5) is 11.2. The number of hydrogen-bond acceptors (Lipinski definition) is 5. The summed E-state index contributed by atoms with van der Waals surface area (Å²) in [5.41, 5.74) is 1.07. The van der Waals surface area contributed by atoms with Gasteiger partial charge in [-0.1, -0.05) is 12.8 Å². The van der Waals surface area contributed by atoms with Crippen molar-refractivity contribution in [1.82, 2.24) is 9.97 Å². The van der Waals surface area contributed by atoms with Gasteiger partial charge < -0.3 is 15.3 Å². The van der Waals surface area contributed by atoms with Crippen molar-refractivity contribution in [1.29, 1.82) is 0 Å². The maximum Gasteiger partial charge on any atom is 0.224 e. The Balaban J connectivity index is 2.25. The molecule has 1 aromatic rings. The Hall–Kier alpha value is -1.36. The van der Waals surface area contributed by atoms with E-state index in [0.717, 1.165) is 17.9 Å². The molecule has 1 saturated carbocycles. The number of aromatic nitrogens is 2. The van der Waals surface area contributed by atoms with Crippen molar-refractivity contribution < 1.29 is 5.11 Å². The third kappa shape index (κ3) is 3.35. The van der Waals surface area contributed by atoms with Gasteiger partial charge in [0.1, 0.15) is 5.82 Å². The van der Waals surface area contributed by atoms with Gasteiger partial charge in [0.2, 0.25) is 5.95 Å². The predicted molar refractivity (Wildman–Crippen MR) is 77.6 cm³/mol. The summed E-state index contributed by atoms with van der Waals surface area (Å²) in [6, 6.07) is 0.509. The third-order valence-electron chi connectivity index (χ3n) is 3.66. The molecule has 0 radical (unpaired) electrons. The summed E-state index contributed by atoms with van der Waals surface area (Å²) in [7, 11) is 0. The Morgan fingerprint density at radius 1 is 1.42 bits per heavy atom. The molecule has 0 aliphatic heterocycles. The first-order valence-electron chi connectivity index (χ1n) is 7.21. The Morgan fingerprint density at radius 2 is 2.16 bits per heavy atom. The van der Waals surface area contributed by atoms with Crippen molar-refractivity contribution >= 4 is 11.8 Å². The van der Waals surface area contributed by atoms with E-state index < -0.39 is 0 Å². The molecule has 0 unspecified atom stereocenters. The Bertz CT molecular complexity index is 404. The molecule has 0 bridgehead atoms. The normalized spacial score (nSPS) is 15.7. The molecule has 0 saturated heterocycles. The van der Waals surface area contributed by atoms with Crippen LogP contribution in [0.1, 0.15) is 38.2 Å². The van der Waals surface area contributed by atoms with Gasteiger partial charge in [0.05, 0.1) is 6.61 Å². The van der Waals surface area contributed by atoms with Gasteiger partial charge in [-0.3, -0.25) is 0 Å². The van der Waals surface area contributed by atoms with Gasteiger partial charge in [0.25, 0.3) is 0 Å². The van der Waals surface area contributed by atoms with Crippen LogP contribution in [-0.2, 0) is 0 Å². The number of aliphatic hydroxyl groups excluding tert-OH is 1. The van der Waals surface area contributed by atoms with Crippen molar-refractivity contribution in [2.75, 3.05) is 29.9 Å². The van der Waals surface area contributed by atoms with Crippen molar-refractivity contribution in [3.63, 3.8) is 0 Å².